The Hall–Kier alpha value is -3.59. The minimum absolute atomic E-state index is 0.0190. The zero-order valence-electron chi connectivity index (χ0n) is 18.4. The molecule has 9 heteroatoms. The van der Waals surface area contributed by atoms with Gasteiger partial charge in [0.05, 0.1) is 11.3 Å². The molecule has 2 aromatic heterocycles. The van der Waals surface area contributed by atoms with E-state index in [0.29, 0.717) is 24.1 Å². The van der Waals surface area contributed by atoms with E-state index in [1.807, 2.05) is 13.0 Å². The molecule has 0 spiro atoms. The average molecular weight is 468 g/mol. The third kappa shape index (κ3) is 4.56. The molecule has 1 aliphatic rings. The van der Waals surface area contributed by atoms with Crippen LogP contribution in [0.5, 0.6) is 0 Å². The minimum atomic E-state index is -0.973. The van der Waals surface area contributed by atoms with E-state index in [1.54, 1.807) is 12.4 Å². The number of rotatable bonds is 5. The summed E-state index contributed by atoms with van der Waals surface area (Å²) in [5.74, 6) is -3.34. The highest BCUT2D eigenvalue weighted by atomic mass is 19.1. The van der Waals surface area contributed by atoms with Gasteiger partial charge < -0.3 is 10.9 Å². The second kappa shape index (κ2) is 9.72. The van der Waals surface area contributed by atoms with Crippen LogP contribution in [-0.2, 0) is 6.42 Å². The normalized spacial score (nSPS) is 21.6. The molecule has 1 aromatic carbocycles. The molecule has 0 bridgehead atoms. The highest BCUT2D eigenvalue weighted by molar-refractivity contribution is 5.96. The van der Waals surface area contributed by atoms with Crippen LogP contribution in [0.4, 0.5) is 13.2 Å². The zero-order valence-corrected chi connectivity index (χ0v) is 18.4. The lowest BCUT2D eigenvalue weighted by atomic mass is 9.74. The smallest absolute Gasteiger partial charge is 0.185 e. The van der Waals surface area contributed by atoms with Crippen molar-refractivity contribution in [2.45, 2.75) is 38.1 Å². The van der Waals surface area contributed by atoms with Gasteiger partial charge in [-0.15, -0.1) is 0 Å². The number of Topliss-reactive ketones (excluding diaryl/α,β-unsaturated/α-hetero) is 1. The molecular formula is C25H23F3N4O2. The van der Waals surface area contributed by atoms with Crippen LogP contribution < -0.4 is 5.73 Å². The van der Waals surface area contributed by atoms with Gasteiger partial charge in [-0.2, -0.15) is 0 Å². The Morgan fingerprint density at radius 1 is 1.12 bits per heavy atom. The zero-order chi connectivity index (χ0) is 24.4. The van der Waals surface area contributed by atoms with Gasteiger partial charge >= 0.3 is 0 Å². The molecule has 0 aliphatic heterocycles. The number of halogens is 3. The highest BCUT2D eigenvalue weighted by Crippen LogP contribution is 2.36. The molecule has 3 aromatic rings. The number of nitrogens with zero attached hydrogens (tertiary/aromatic N) is 3. The molecular weight excluding hydrogens is 445 g/mol. The Balaban J connectivity index is 1.63. The molecule has 0 saturated heterocycles. The molecule has 0 unspecified atom stereocenters. The molecule has 176 valence electrons. The Morgan fingerprint density at radius 2 is 1.85 bits per heavy atom. The number of carbonyl (C=O) groups excluding carboxylic acids is 1. The van der Waals surface area contributed by atoms with Gasteiger partial charge in [0.25, 0.3) is 0 Å². The maximum Gasteiger partial charge on any atom is 0.185 e. The second-order valence-electron chi connectivity index (χ2n) is 8.50. The second-order valence-corrected chi connectivity index (χ2v) is 8.50. The number of oxime groups is 1. The van der Waals surface area contributed by atoms with E-state index in [0.717, 1.165) is 23.8 Å². The summed E-state index contributed by atoms with van der Waals surface area (Å²) in [4.78, 5) is 21.2. The van der Waals surface area contributed by atoms with Crippen molar-refractivity contribution in [3.8, 4) is 11.3 Å². The summed E-state index contributed by atoms with van der Waals surface area (Å²) in [6.07, 6.45) is 4.36. The number of hydrogen-bond acceptors (Lipinski definition) is 6. The van der Waals surface area contributed by atoms with Gasteiger partial charge in [0.1, 0.15) is 28.8 Å². The monoisotopic (exact) mass is 468 g/mol. The molecule has 2 heterocycles. The Kier molecular flexibility index (Phi) is 6.74. The molecule has 6 nitrogen and oxygen atoms in total. The topological polar surface area (TPSA) is 101 Å². The summed E-state index contributed by atoms with van der Waals surface area (Å²) in [5, 5.41) is 12.6. The van der Waals surface area contributed by atoms with Crippen LogP contribution in [0.2, 0.25) is 0 Å². The lowest BCUT2D eigenvalue weighted by Gasteiger charge is -2.33. The number of nitrogens with two attached hydrogens (primary N) is 1. The summed E-state index contributed by atoms with van der Waals surface area (Å²) in [7, 11) is 0. The third-order valence-electron chi connectivity index (χ3n) is 6.24. The average Bonchev–Trinajstić information content (AvgIpc) is 2.80. The van der Waals surface area contributed by atoms with Gasteiger partial charge in [0.15, 0.2) is 5.78 Å². The van der Waals surface area contributed by atoms with Crippen LogP contribution in [0.1, 0.15) is 47.3 Å². The third-order valence-corrected chi connectivity index (χ3v) is 6.24. The lowest BCUT2D eigenvalue weighted by molar-refractivity contribution is 0.0987. The van der Waals surface area contributed by atoms with Crippen LogP contribution in [-0.4, -0.2) is 32.7 Å². The van der Waals surface area contributed by atoms with Crippen LogP contribution in [0, 0.1) is 23.4 Å². The largest absolute Gasteiger partial charge is 0.411 e. The standard InChI is InChI=1S/C25H23F3N4O2/c1-13-9-14(10-20(29)24(13)32-34)16-7-8-30-12-15(16)11-22(33)21-6-5-19(28)25(31-21)23-17(26)3-2-4-18(23)27/h2-8,12-14,20,34H,9-11,29H2,1H3/b32-24-/t13-,14+,20+/m0/s1. The van der Waals surface area contributed by atoms with Crippen LogP contribution >= 0.6 is 0 Å². The van der Waals surface area contributed by atoms with Crippen molar-refractivity contribution in [3.63, 3.8) is 0 Å². The predicted molar refractivity (Wildman–Crippen MR) is 120 cm³/mol. The van der Waals surface area contributed by atoms with Crippen molar-refractivity contribution in [1.82, 2.24) is 9.97 Å². The molecule has 0 amide bonds. The minimum Gasteiger partial charge on any atom is -0.411 e. The fourth-order valence-corrected chi connectivity index (χ4v) is 4.61. The maximum absolute atomic E-state index is 14.4. The molecule has 3 N–H and O–H groups in total. The van der Waals surface area contributed by atoms with Gasteiger partial charge in [0, 0.05) is 24.9 Å². The molecule has 1 saturated carbocycles. The summed E-state index contributed by atoms with van der Waals surface area (Å²) in [5.41, 5.74) is 6.98. The number of carbonyl (C=O) groups is 1. The SMILES string of the molecule is C[C@H]1C[C@@H](c2ccncc2CC(=O)c2ccc(F)c(-c3c(F)cccc3F)n2)C[C@@H](N)/C1=N\O. The van der Waals surface area contributed by atoms with Crippen LogP contribution in [0.3, 0.4) is 0 Å². The Bertz CT molecular complexity index is 1230. The quantitative estimate of drug-likeness (QED) is 0.322. The Labute approximate surface area is 194 Å². The number of ketones is 1. The van der Waals surface area contributed by atoms with E-state index in [2.05, 4.69) is 15.1 Å². The number of pyridine rings is 2. The highest BCUT2D eigenvalue weighted by Gasteiger charge is 2.32. The molecule has 0 radical (unpaired) electrons. The fraction of sp³-hybridized carbons (Fsp3) is 0.280. The summed E-state index contributed by atoms with van der Waals surface area (Å²) in [6.45, 7) is 1.93. The summed E-state index contributed by atoms with van der Waals surface area (Å²) >= 11 is 0. The van der Waals surface area contributed by atoms with Gasteiger partial charge in [-0.1, -0.05) is 18.1 Å². The number of aromatic nitrogens is 2. The van der Waals surface area contributed by atoms with E-state index < -0.39 is 40.5 Å². The van der Waals surface area contributed by atoms with Crippen LogP contribution in [0.15, 0.2) is 53.9 Å². The lowest BCUT2D eigenvalue weighted by Crippen LogP contribution is -2.41. The van der Waals surface area contributed by atoms with Crippen molar-refractivity contribution in [3.05, 3.63) is 83.1 Å². The first-order chi connectivity index (χ1) is 16.3. The van der Waals surface area contributed by atoms with Gasteiger partial charge in [-0.3, -0.25) is 9.78 Å². The number of benzene rings is 1. The van der Waals surface area contributed by atoms with Crippen molar-refractivity contribution in [1.29, 1.82) is 0 Å². The first kappa shape index (κ1) is 23.6. The molecule has 34 heavy (non-hydrogen) atoms. The maximum atomic E-state index is 14.4. The van der Waals surface area contributed by atoms with Gasteiger partial charge in [-0.05, 0) is 66.1 Å². The van der Waals surface area contributed by atoms with Crippen molar-refractivity contribution in [2.24, 2.45) is 16.8 Å². The van der Waals surface area contributed by atoms with Crippen LogP contribution in [0.25, 0.3) is 11.3 Å². The predicted octanol–water partition coefficient (Wildman–Crippen LogP) is 4.66. The van der Waals surface area contributed by atoms with Crippen molar-refractivity contribution < 1.29 is 23.2 Å². The Morgan fingerprint density at radius 3 is 2.53 bits per heavy atom. The van der Waals surface area contributed by atoms with Crippen molar-refractivity contribution in [2.75, 3.05) is 0 Å². The number of hydrogen-bond donors (Lipinski definition) is 2. The first-order valence-electron chi connectivity index (χ1n) is 10.8. The van der Waals surface area contributed by atoms with E-state index in [-0.39, 0.29) is 24.0 Å². The summed E-state index contributed by atoms with van der Waals surface area (Å²) in [6, 6.07) is 6.75. The molecule has 1 fully saturated rings. The summed E-state index contributed by atoms with van der Waals surface area (Å²) < 4.78 is 42.8. The molecule has 3 atom stereocenters. The van der Waals surface area contributed by atoms with E-state index in [1.165, 1.54) is 12.1 Å². The van der Waals surface area contributed by atoms with Crippen molar-refractivity contribution >= 4 is 11.5 Å². The van der Waals surface area contributed by atoms with E-state index in [4.69, 9.17) is 5.73 Å². The molecule has 1 aliphatic carbocycles. The van der Waals surface area contributed by atoms with Gasteiger partial charge in [-0.25, -0.2) is 18.2 Å². The fourth-order valence-electron chi connectivity index (χ4n) is 4.61. The molecule has 4 rings (SSSR count). The van der Waals surface area contributed by atoms with E-state index in [9.17, 15) is 23.2 Å². The van der Waals surface area contributed by atoms with Gasteiger partial charge in [0.2, 0.25) is 0 Å². The first-order valence-corrected chi connectivity index (χ1v) is 10.8. The van der Waals surface area contributed by atoms with E-state index >= 15 is 0 Å².